The van der Waals surface area contributed by atoms with Crippen molar-refractivity contribution in [1.29, 1.82) is 0 Å². The van der Waals surface area contributed by atoms with Crippen LogP contribution in [0.5, 0.6) is 0 Å². The number of hydrogen-bond acceptors (Lipinski definition) is 4. The molecule has 0 spiro atoms. The summed E-state index contributed by atoms with van der Waals surface area (Å²) < 4.78 is 35.9. The van der Waals surface area contributed by atoms with Crippen LogP contribution in [0.15, 0.2) is 41.3 Å². The highest BCUT2D eigenvalue weighted by molar-refractivity contribution is 7.90. The highest BCUT2D eigenvalue weighted by Crippen LogP contribution is 2.25. The quantitative estimate of drug-likeness (QED) is 0.878. The van der Waals surface area contributed by atoms with E-state index in [1.807, 2.05) is 0 Å². The first-order valence-corrected chi connectivity index (χ1v) is 7.98. The van der Waals surface area contributed by atoms with Crippen molar-refractivity contribution in [3.8, 4) is 0 Å². The van der Waals surface area contributed by atoms with Gasteiger partial charge in [0.1, 0.15) is 5.69 Å². The van der Waals surface area contributed by atoms with Gasteiger partial charge in [-0.15, -0.1) is 0 Å². The Balaban J connectivity index is 2.33. The molecule has 0 aliphatic rings. The van der Waals surface area contributed by atoms with Crippen molar-refractivity contribution >= 4 is 33.0 Å². The normalized spacial score (nSPS) is 11.2. The van der Waals surface area contributed by atoms with Crippen LogP contribution in [0.3, 0.4) is 0 Å². The van der Waals surface area contributed by atoms with E-state index in [4.69, 9.17) is 11.6 Å². The number of halogens is 2. The number of nitrogens with one attached hydrogen (secondary N) is 1. The lowest BCUT2D eigenvalue weighted by Gasteiger charge is -2.08. The molecule has 0 aliphatic carbocycles. The predicted molar refractivity (Wildman–Crippen MR) is 76.7 cm³/mol. The topological polar surface area (TPSA) is 76.1 Å². The fourth-order valence-electron chi connectivity index (χ4n) is 1.55. The van der Waals surface area contributed by atoms with Gasteiger partial charge in [0.05, 0.1) is 15.6 Å². The van der Waals surface area contributed by atoms with Crippen LogP contribution in [-0.4, -0.2) is 25.6 Å². The fraction of sp³-hybridized carbons (Fsp3) is 0.0769. The van der Waals surface area contributed by atoms with Gasteiger partial charge in [-0.05, 0) is 30.3 Å². The smallest absolute Gasteiger partial charge is 0.274 e. The number of hydrogen-bond donors (Lipinski definition) is 1. The van der Waals surface area contributed by atoms with Gasteiger partial charge in [0, 0.05) is 6.26 Å². The maximum absolute atomic E-state index is 13.0. The largest absolute Gasteiger partial charge is 0.319 e. The molecule has 1 amide bonds. The SMILES string of the molecule is CS(=O)(=O)c1ccc(Cl)c(NC(=O)c2cccc(F)n2)c1. The van der Waals surface area contributed by atoms with Gasteiger partial charge in [-0.3, -0.25) is 4.79 Å². The van der Waals surface area contributed by atoms with Gasteiger partial charge in [0.2, 0.25) is 5.95 Å². The molecule has 1 aromatic heterocycles. The van der Waals surface area contributed by atoms with E-state index >= 15 is 0 Å². The van der Waals surface area contributed by atoms with Crippen molar-refractivity contribution in [3.05, 3.63) is 53.1 Å². The lowest BCUT2D eigenvalue weighted by molar-refractivity contribution is 0.102. The molecule has 110 valence electrons. The van der Waals surface area contributed by atoms with E-state index in [2.05, 4.69) is 10.3 Å². The van der Waals surface area contributed by atoms with Crippen LogP contribution in [0.4, 0.5) is 10.1 Å². The average Bonchev–Trinajstić information content (AvgIpc) is 2.40. The summed E-state index contributed by atoms with van der Waals surface area (Å²) >= 11 is 5.91. The molecule has 0 bridgehead atoms. The number of sulfone groups is 1. The highest BCUT2D eigenvalue weighted by Gasteiger charge is 2.14. The molecule has 8 heteroatoms. The van der Waals surface area contributed by atoms with Crippen molar-refractivity contribution in [2.24, 2.45) is 0 Å². The summed E-state index contributed by atoms with van der Waals surface area (Å²) in [6.45, 7) is 0. The van der Waals surface area contributed by atoms with E-state index in [9.17, 15) is 17.6 Å². The van der Waals surface area contributed by atoms with Crippen molar-refractivity contribution in [2.75, 3.05) is 11.6 Å². The minimum Gasteiger partial charge on any atom is -0.319 e. The third kappa shape index (κ3) is 3.77. The van der Waals surface area contributed by atoms with Crippen molar-refractivity contribution in [2.45, 2.75) is 4.90 Å². The Kier molecular flexibility index (Phi) is 4.24. The zero-order chi connectivity index (χ0) is 15.6. The number of amides is 1. The van der Waals surface area contributed by atoms with Gasteiger partial charge < -0.3 is 5.32 Å². The molecule has 0 radical (unpaired) electrons. The van der Waals surface area contributed by atoms with Crippen LogP contribution in [0.25, 0.3) is 0 Å². The van der Waals surface area contributed by atoms with Gasteiger partial charge in [-0.1, -0.05) is 17.7 Å². The maximum Gasteiger partial charge on any atom is 0.274 e. The van der Waals surface area contributed by atoms with E-state index in [0.717, 1.165) is 12.3 Å². The third-order valence-corrected chi connectivity index (χ3v) is 4.00. The van der Waals surface area contributed by atoms with Crippen molar-refractivity contribution in [3.63, 3.8) is 0 Å². The van der Waals surface area contributed by atoms with Crippen LogP contribution in [-0.2, 0) is 9.84 Å². The summed E-state index contributed by atoms with van der Waals surface area (Å²) in [7, 11) is -3.43. The first-order chi connectivity index (χ1) is 9.77. The number of nitrogens with zero attached hydrogens (tertiary/aromatic N) is 1. The van der Waals surface area contributed by atoms with Crippen LogP contribution in [0.1, 0.15) is 10.5 Å². The van der Waals surface area contributed by atoms with E-state index in [0.29, 0.717) is 0 Å². The summed E-state index contributed by atoms with van der Waals surface area (Å²) in [5.74, 6) is -1.49. The Hall–Kier alpha value is -1.99. The van der Waals surface area contributed by atoms with Crippen LogP contribution in [0.2, 0.25) is 5.02 Å². The second kappa shape index (κ2) is 5.79. The Labute approximate surface area is 125 Å². The molecule has 0 atom stereocenters. The Morgan fingerprint density at radius 2 is 2.00 bits per heavy atom. The lowest BCUT2D eigenvalue weighted by Crippen LogP contribution is -2.14. The average molecular weight is 329 g/mol. The molecule has 1 heterocycles. The van der Waals surface area contributed by atoms with E-state index in [1.165, 1.54) is 30.3 Å². The van der Waals surface area contributed by atoms with E-state index in [-0.39, 0.29) is 21.3 Å². The molecular formula is C13H10ClFN2O3S. The Morgan fingerprint density at radius 3 is 2.62 bits per heavy atom. The third-order valence-electron chi connectivity index (χ3n) is 2.56. The Morgan fingerprint density at radius 1 is 1.29 bits per heavy atom. The first kappa shape index (κ1) is 15.4. The van der Waals surface area contributed by atoms with Crippen molar-refractivity contribution < 1.29 is 17.6 Å². The van der Waals surface area contributed by atoms with Crippen LogP contribution in [0, 0.1) is 5.95 Å². The molecule has 0 unspecified atom stereocenters. The maximum atomic E-state index is 13.0. The molecule has 1 N–H and O–H groups in total. The van der Waals surface area contributed by atoms with Gasteiger partial charge >= 0.3 is 0 Å². The molecule has 21 heavy (non-hydrogen) atoms. The number of pyridine rings is 1. The van der Waals surface area contributed by atoms with E-state index in [1.54, 1.807) is 0 Å². The number of anilines is 1. The van der Waals surface area contributed by atoms with Gasteiger partial charge in [0.15, 0.2) is 9.84 Å². The van der Waals surface area contributed by atoms with Crippen LogP contribution >= 0.6 is 11.6 Å². The van der Waals surface area contributed by atoms with Gasteiger partial charge in [-0.2, -0.15) is 4.39 Å². The summed E-state index contributed by atoms with van der Waals surface area (Å²) in [5, 5.41) is 2.56. The van der Waals surface area contributed by atoms with Gasteiger partial charge in [0.25, 0.3) is 5.91 Å². The molecule has 2 aromatic rings. The number of carbonyl (C=O) groups excluding carboxylic acids is 1. The first-order valence-electron chi connectivity index (χ1n) is 5.71. The molecule has 0 fully saturated rings. The molecule has 5 nitrogen and oxygen atoms in total. The number of benzene rings is 1. The second-order valence-electron chi connectivity index (χ2n) is 4.21. The van der Waals surface area contributed by atoms with Gasteiger partial charge in [-0.25, -0.2) is 13.4 Å². The summed E-state index contributed by atoms with van der Waals surface area (Å²) in [6.07, 6.45) is 1.04. The number of rotatable bonds is 3. The second-order valence-corrected chi connectivity index (χ2v) is 6.64. The molecule has 1 aromatic carbocycles. The number of carbonyl (C=O) groups is 1. The highest BCUT2D eigenvalue weighted by atomic mass is 35.5. The monoisotopic (exact) mass is 328 g/mol. The zero-order valence-electron chi connectivity index (χ0n) is 10.8. The predicted octanol–water partition coefficient (Wildman–Crippen LogP) is 2.53. The standard InChI is InChI=1S/C13H10ClFN2O3S/c1-21(19,20)8-5-6-9(14)11(7-8)17-13(18)10-3-2-4-12(15)16-10/h2-7H,1H3,(H,17,18). The molecule has 2 rings (SSSR count). The summed E-state index contributed by atoms with van der Waals surface area (Å²) in [4.78, 5) is 15.4. The molecule has 0 saturated carbocycles. The minimum atomic E-state index is -3.43. The minimum absolute atomic E-state index is 0.00871. The fourth-order valence-corrected chi connectivity index (χ4v) is 2.36. The lowest BCUT2D eigenvalue weighted by atomic mass is 10.3. The summed E-state index contributed by atoms with van der Waals surface area (Å²) in [6, 6.07) is 7.68. The van der Waals surface area contributed by atoms with Crippen molar-refractivity contribution in [1.82, 2.24) is 4.98 Å². The molecular weight excluding hydrogens is 319 g/mol. The Bertz CT molecular complexity index is 809. The van der Waals surface area contributed by atoms with E-state index < -0.39 is 21.7 Å². The summed E-state index contributed by atoms with van der Waals surface area (Å²) in [5.41, 5.74) is -0.0357. The molecule has 0 aliphatic heterocycles. The molecule has 0 saturated heterocycles. The van der Waals surface area contributed by atoms with Crippen LogP contribution < -0.4 is 5.32 Å². The zero-order valence-corrected chi connectivity index (χ0v) is 12.4. The number of aromatic nitrogens is 1.